The van der Waals surface area contributed by atoms with Gasteiger partial charge in [0.2, 0.25) is 0 Å². The molecule has 1 rings (SSSR count). The Morgan fingerprint density at radius 3 is 2.75 bits per heavy atom. The molecule has 1 aliphatic rings. The van der Waals surface area contributed by atoms with Gasteiger partial charge in [-0.3, -0.25) is 0 Å². The molecular formula is C9H18N2O. The first-order valence-corrected chi connectivity index (χ1v) is 4.51. The third-order valence-corrected chi connectivity index (χ3v) is 2.12. The first-order chi connectivity index (χ1) is 5.84. The number of ether oxygens (including phenoxy) is 1. The number of hydrogen-bond donors (Lipinski definition) is 1. The summed E-state index contributed by atoms with van der Waals surface area (Å²) in [7, 11) is 1.71. The zero-order chi connectivity index (χ0) is 8.81. The highest BCUT2D eigenvalue weighted by atomic mass is 16.5. The summed E-state index contributed by atoms with van der Waals surface area (Å²) in [5.41, 5.74) is 0. The summed E-state index contributed by atoms with van der Waals surface area (Å²) >= 11 is 0. The van der Waals surface area contributed by atoms with Gasteiger partial charge in [-0.15, -0.1) is 0 Å². The van der Waals surface area contributed by atoms with Crippen LogP contribution in [0.25, 0.3) is 0 Å². The smallest absolute Gasteiger partial charge is 0.0939 e. The topological polar surface area (TPSA) is 24.5 Å². The van der Waals surface area contributed by atoms with Crippen molar-refractivity contribution in [2.75, 3.05) is 33.4 Å². The molecule has 3 heteroatoms. The first-order valence-electron chi connectivity index (χ1n) is 4.51. The van der Waals surface area contributed by atoms with Crippen molar-refractivity contribution in [2.24, 2.45) is 0 Å². The minimum atomic E-state index is 0.743. The average molecular weight is 170 g/mol. The van der Waals surface area contributed by atoms with Gasteiger partial charge in [0.25, 0.3) is 0 Å². The van der Waals surface area contributed by atoms with E-state index in [1.54, 1.807) is 7.11 Å². The van der Waals surface area contributed by atoms with Gasteiger partial charge in [0.1, 0.15) is 0 Å². The highest BCUT2D eigenvalue weighted by Crippen LogP contribution is 2.10. The van der Waals surface area contributed by atoms with Crippen LogP contribution in [0.15, 0.2) is 12.4 Å². The average Bonchev–Trinajstić information content (AvgIpc) is 2.56. The Morgan fingerprint density at radius 1 is 1.50 bits per heavy atom. The zero-order valence-corrected chi connectivity index (χ0v) is 7.81. The van der Waals surface area contributed by atoms with Crippen LogP contribution in [-0.2, 0) is 4.74 Å². The standard InChI is InChI=1S/C9H18N2O/c1-9(10-5-8-12-2)11-6-3-4-7-11/h10H,1,3-8H2,2H3. The number of hydrogen-bond acceptors (Lipinski definition) is 3. The SMILES string of the molecule is C=C(NCCOC)N1CCCC1. The normalized spacial score (nSPS) is 16.6. The molecule has 1 fully saturated rings. The van der Waals surface area contributed by atoms with Crippen molar-refractivity contribution in [2.45, 2.75) is 12.8 Å². The second-order valence-electron chi connectivity index (χ2n) is 3.06. The summed E-state index contributed by atoms with van der Waals surface area (Å²) in [5, 5.41) is 3.23. The number of nitrogens with one attached hydrogen (secondary N) is 1. The van der Waals surface area contributed by atoms with Crippen molar-refractivity contribution in [3.05, 3.63) is 12.4 Å². The maximum Gasteiger partial charge on any atom is 0.0939 e. The molecule has 0 aromatic heterocycles. The molecule has 12 heavy (non-hydrogen) atoms. The maximum atomic E-state index is 4.93. The molecule has 0 radical (unpaired) electrons. The van der Waals surface area contributed by atoms with Crippen LogP contribution in [0.3, 0.4) is 0 Å². The van der Waals surface area contributed by atoms with Crippen LogP contribution in [0.4, 0.5) is 0 Å². The summed E-state index contributed by atoms with van der Waals surface area (Å²) in [5.74, 6) is 1.05. The zero-order valence-electron chi connectivity index (χ0n) is 7.81. The lowest BCUT2D eigenvalue weighted by molar-refractivity contribution is 0.198. The Labute approximate surface area is 74.4 Å². The van der Waals surface area contributed by atoms with E-state index in [4.69, 9.17) is 4.74 Å². The molecular weight excluding hydrogens is 152 g/mol. The quantitative estimate of drug-likeness (QED) is 0.617. The van der Waals surface area contributed by atoms with Crippen LogP contribution in [0.1, 0.15) is 12.8 Å². The summed E-state index contributed by atoms with van der Waals surface area (Å²) in [6.45, 7) is 7.87. The Bertz CT molecular complexity index is 141. The minimum Gasteiger partial charge on any atom is -0.383 e. The van der Waals surface area contributed by atoms with E-state index in [0.29, 0.717) is 0 Å². The third-order valence-electron chi connectivity index (χ3n) is 2.12. The largest absolute Gasteiger partial charge is 0.383 e. The van der Waals surface area contributed by atoms with Crippen LogP contribution in [0, 0.1) is 0 Å². The molecule has 0 aromatic carbocycles. The fourth-order valence-electron chi connectivity index (χ4n) is 1.40. The van der Waals surface area contributed by atoms with Crippen LogP contribution >= 0.6 is 0 Å². The van der Waals surface area contributed by atoms with E-state index in [-0.39, 0.29) is 0 Å². The summed E-state index contributed by atoms with van der Waals surface area (Å²) in [6.07, 6.45) is 2.59. The molecule has 3 nitrogen and oxygen atoms in total. The van der Waals surface area contributed by atoms with E-state index < -0.39 is 0 Å². The molecule has 0 aliphatic carbocycles. The number of rotatable bonds is 5. The van der Waals surface area contributed by atoms with Gasteiger partial charge in [0, 0.05) is 26.7 Å². The van der Waals surface area contributed by atoms with Crippen molar-refractivity contribution >= 4 is 0 Å². The molecule has 0 spiro atoms. The number of likely N-dealkylation sites (tertiary alicyclic amines) is 1. The van der Waals surface area contributed by atoms with E-state index >= 15 is 0 Å². The summed E-state index contributed by atoms with van der Waals surface area (Å²) < 4.78 is 4.93. The Hall–Kier alpha value is -0.700. The van der Waals surface area contributed by atoms with Gasteiger partial charge in [0.05, 0.1) is 12.4 Å². The second kappa shape index (κ2) is 5.04. The van der Waals surface area contributed by atoms with E-state index in [2.05, 4.69) is 16.8 Å². The maximum absolute atomic E-state index is 4.93. The lowest BCUT2D eigenvalue weighted by atomic mass is 10.4. The van der Waals surface area contributed by atoms with Crippen LogP contribution < -0.4 is 5.32 Å². The Morgan fingerprint density at radius 2 is 2.17 bits per heavy atom. The van der Waals surface area contributed by atoms with Gasteiger partial charge >= 0.3 is 0 Å². The molecule has 1 aliphatic heterocycles. The van der Waals surface area contributed by atoms with Crippen molar-refractivity contribution < 1.29 is 4.74 Å². The molecule has 70 valence electrons. The van der Waals surface area contributed by atoms with Gasteiger partial charge in [0.15, 0.2) is 0 Å². The molecule has 1 N–H and O–H groups in total. The highest BCUT2D eigenvalue weighted by molar-refractivity contribution is 4.93. The Kier molecular flexibility index (Phi) is 3.94. The number of nitrogens with zero attached hydrogens (tertiary/aromatic N) is 1. The first kappa shape index (κ1) is 9.39. The molecule has 0 aromatic rings. The van der Waals surface area contributed by atoms with Crippen LogP contribution in [0.5, 0.6) is 0 Å². The van der Waals surface area contributed by atoms with Gasteiger partial charge in [-0.1, -0.05) is 6.58 Å². The molecule has 1 heterocycles. The fraction of sp³-hybridized carbons (Fsp3) is 0.778. The van der Waals surface area contributed by atoms with Crippen molar-refractivity contribution in [1.82, 2.24) is 10.2 Å². The van der Waals surface area contributed by atoms with Crippen molar-refractivity contribution in [3.8, 4) is 0 Å². The van der Waals surface area contributed by atoms with Crippen molar-refractivity contribution in [3.63, 3.8) is 0 Å². The van der Waals surface area contributed by atoms with Crippen LogP contribution in [0.2, 0.25) is 0 Å². The van der Waals surface area contributed by atoms with E-state index in [9.17, 15) is 0 Å². The van der Waals surface area contributed by atoms with E-state index in [1.807, 2.05) is 0 Å². The van der Waals surface area contributed by atoms with E-state index in [0.717, 1.165) is 32.1 Å². The third kappa shape index (κ3) is 2.74. The molecule has 0 atom stereocenters. The predicted molar refractivity (Wildman–Crippen MR) is 49.8 cm³/mol. The summed E-state index contributed by atoms with van der Waals surface area (Å²) in [6, 6.07) is 0. The summed E-state index contributed by atoms with van der Waals surface area (Å²) in [4.78, 5) is 2.29. The van der Waals surface area contributed by atoms with Gasteiger partial charge in [-0.05, 0) is 12.8 Å². The fourth-order valence-corrected chi connectivity index (χ4v) is 1.40. The molecule has 0 bridgehead atoms. The van der Waals surface area contributed by atoms with Gasteiger partial charge in [-0.2, -0.15) is 0 Å². The van der Waals surface area contributed by atoms with Crippen LogP contribution in [-0.4, -0.2) is 38.3 Å². The molecule has 0 unspecified atom stereocenters. The lowest BCUT2D eigenvalue weighted by Crippen LogP contribution is -2.30. The Balaban J connectivity index is 2.10. The number of methoxy groups -OCH3 is 1. The molecule has 1 saturated heterocycles. The van der Waals surface area contributed by atoms with Gasteiger partial charge < -0.3 is 15.0 Å². The highest BCUT2D eigenvalue weighted by Gasteiger charge is 2.11. The molecule has 0 amide bonds. The van der Waals surface area contributed by atoms with E-state index in [1.165, 1.54) is 12.8 Å². The second-order valence-corrected chi connectivity index (χ2v) is 3.06. The molecule has 0 saturated carbocycles. The monoisotopic (exact) mass is 170 g/mol. The lowest BCUT2D eigenvalue weighted by Gasteiger charge is -2.21. The minimum absolute atomic E-state index is 0.743. The van der Waals surface area contributed by atoms with Gasteiger partial charge in [-0.25, -0.2) is 0 Å². The predicted octanol–water partition coefficient (Wildman–Crippen LogP) is 0.789. The van der Waals surface area contributed by atoms with Crippen molar-refractivity contribution in [1.29, 1.82) is 0 Å².